The number of hydrogen-bond donors (Lipinski definition) is 2. The van der Waals surface area contributed by atoms with E-state index in [0.717, 1.165) is 18.7 Å². The normalized spacial score (nSPS) is 18.9. The minimum absolute atomic E-state index is 0.111. The first-order valence-corrected chi connectivity index (χ1v) is 6.96. The van der Waals surface area contributed by atoms with Crippen LogP contribution in [0.4, 0.5) is 0 Å². The Bertz CT molecular complexity index is 548. The Morgan fingerprint density at radius 3 is 2.80 bits per heavy atom. The highest BCUT2D eigenvalue weighted by Gasteiger charge is 2.19. The van der Waals surface area contributed by atoms with Crippen molar-refractivity contribution in [2.75, 3.05) is 13.1 Å². The number of benzene rings is 1. The van der Waals surface area contributed by atoms with Crippen LogP contribution in [0.5, 0.6) is 11.5 Å². The van der Waals surface area contributed by atoms with Gasteiger partial charge in [-0.25, -0.2) is 0 Å². The van der Waals surface area contributed by atoms with Gasteiger partial charge in [0, 0.05) is 23.7 Å². The van der Waals surface area contributed by atoms with Gasteiger partial charge in [0.2, 0.25) is 5.75 Å². The first-order chi connectivity index (χ1) is 9.74. The molecule has 5 nitrogen and oxygen atoms in total. The van der Waals surface area contributed by atoms with Gasteiger partial charge in [0.05, 0.1) is 0 Å². The van der Waals surface area contributed by atoms with E-state index in [4.69, 9.17) is 4.84 Å². The van der Waals surface area contributed by atoms with Crippen molar-refractivity contribution in [1.82, 2.24) is 10.4 Å². The van der Waals surface area contributed by atoms with Crippen LogP contribution in [-0.4, -0.2) is 29.0 Å². The van der Waals surface area contributed by atoms with E-state index >= 15 is 0 Å². The fraction of sp³-hybridized carbons (Fsp3) is 0.400. The van der Waals surface area contributed by atoms with Gasteiger partial charge in [0.15, 0.2) is 5.75 Å². The minimum atomic E-state index is -0.335. The molecule has 0 saturated carbocycles. The van der Waals surface area contributed by atoms with Crippen LogP contribution in [0.15, 0.2) is 18.2 Å². The highest BCUT2D eigenvalue weighted by atomic mass is 16.7. The van der Waals surface area contributed by atoms with Gasteiger partial charge in [-0.3, -0.25) is 9.69 Å². The number of carbonyl (C=O) groups is 1. The molecule has 2 aliphatic heterocycles. The highest BCUT2D eigenvalue weighted by molar-refractivity contribution is 5.92. The molecule has 0 unspecified atom stereocenters. The molecular weight excluding hydrogens is 256 g/mol. The number of carbonyl (C=O) groups excluding carboxylic acids is 1. The second-order valence-corrected chi connectivity index (χ2v) is 5.23. The van der Waals surface area contributed by atoms with E-state index in [2.05, 4.69) is 10.4 Å². The van der Waals surface area contributed by atoms with Crippen molar-refractivity contribution in [2.24, 2.45) is 0 Å². The predicted octanol–water partition coefficient (Wildman–Crippen LogP) is 1.81. The van der Waals surface area contributed by atoms with Crippen molar-refractivity contribution in [3.05, 3.63) is 29.3 Å². The molecule has 0 atom stereocenters. The molecule has 20 heavy (non-hydrogen) atoms. The lowest BCUT2D eigenvalue weighted by molar-refractivity contribution is -0.122. The summed E-state index contributed by atoms with van der Waals surface area (Å²) in [5.74, 6) is 0.0970. The predicted molar refractivity (Wildman–Crippen MR) is 75.0 cm³/mol. The van der Waals surface area contributed by atoms with E-state index < -0.39 is 0 Å². The summed E-state index contributed by atoms with van der Waals surface area (Å²) in [5.41, 5.74) is 3.80. The van der Waals surface area contributed by atoms with E-state index in [1.165, 1.54) is 25.3 Å². The largest absolute Gasteiger partial charge is 0.504 e. The average molecular weight is 274 g/mol. The number of aromatic hydroxyl groups is 1. The topological polar surface area (TPSA) is 61.8 Å². The zero-order chi connectivity index (χ0) is 13.9. The fourth-order valence-corrected chi connectivity index (χ4v) is 2.65. The van der Waals surface area contributed by atoms with Gasteiger partial charge in [0.25, 0.3) is 5.91 Å². The lowest BCUT2D eigenvalue weighted by Gasteiger charge is -2.27. The average Bonchev–Trinajstić information content (AvgIpc) is 2.66. The zero-order valence-corrected chi connectivity index (χ0v) is 11.3. The molecule has 106 valence electrons. The molecule has 3 rings (SSSR count). The Morgan fingerprint density at radius 2 is 2.00 bits per heavy atom. The Labute approximate surface area is 117 Å². The van der Waals surface area contributed by atoms with Gasteiger partial charge in [-0.15, -0.1) is 0 Å². The second kappa shape index (κ2) is 5.54. The summed E-state index contributed by atoms with van der Waals surface area (Å²) in [5, 5.41) is 10.3. The van der Waals surface area contributed by atoms with Crippen LogP contribution in [0.2, 0.25) is 0 Å². The molecule has 0 aromatic heterocycles. The molecule has 0 radical (unpaired) electrons. The van der Waals surface area contributed by atoms with Crippen LogP contribution in [-0.2, 0) is 11.3 Å². The number of piperidine rings is 1. The molecule has 0 bridgehead atoms. The van der Waals surface area contributed by atoms with Crippen LogP contribution < -0.4 is 10.3 Å². The number of rotatable bonds is 2. The second-order valence-electron chi connectivity index (χ2n) is 5.23. The monoisotopic (exact) mass is 274 g/mol. The third-order valence-electron chi connectivity index (χ3n) is 3.76. The first-order valence-electron chi connectivity index (χ1n) is 6.96. The molecule has 2 heterocycles. The van der Waals surface area contributed by atoms with Crippen molar-refractivity contribution in [2.45, 2.75) is 25.8 Å². The molecule has 2 N–H and O–H groups in total. The lowest BCUT2D eigenvalue weighted by Crippen LogP contribution is -2.29. The third kappa shape index (κ3) is 2.63. The van der Waals surface area contributed by atoms with Gasteiger partial charge in [0.1, 0.15) is 0 Å². The van der Waals surface area contributed by atoms with Crippen LogP contribution in [0.1, 0.15) is 30.4 Å². The summed E-state index contributed by atoms with van der Waals surface area (Å²) in [7, 11) is 0. The molecule has 0 aliphatic carbocycles. The zero-order valence-electron chi connectivity index (χ0n) is 11.3. The molecule has 1 aromatic carbocycles. The maximum Gasteiger partial charge on any atom is 0.276 e. The fourth-order valence-electron chi connectivity index (χ4n) is 2.65. The maximum atomic E-state index is 11.3. The van der Waals surface area contributed by atoms with Gasteiger partial charge < -0.3 is 9.94 Å². The number of hydrogen-bond acceptors (Lipinski definition) is 4. The Morgan fingerprint density at radius 1 is 1.20 bits per heavy atom. The molecule has 0 spiro atoms. The van der Waals surface area contributed by atoms with Gasteiger partial charge in [-0.05, 0) is 32.0 Å². The Kier molecular flexibility index (Phi) is 3.60. The van der Waals surface area contributed by atoms with Crippen LogP contribution >= 0.6 is 0 Å². The minimum Gasteiger partial charge on any atom is -0.504 e. The molecule has 5 heteroatoms. The van der Waals surface area contributed by atoms with Crippen LogP contribution in [0.3, 0.4) is 0 Å². The number of hydroxylamine groups is 1. The summed E-state index contributed by atoms with van der Waals surface area (Å²) in [4.78, 5) is 18.8. The van der Waals surface area contributed by atoms with Crippen molar-refractivity contribution in [1.29, 1.82) is 0 Å². The van der Waals surface area contributed by atoms with Crippen molar-refractivity contribution >= 4 is 12.0 Å². The van der Waals surface area contributed by atoms with E-state index in [-0.39, 0.29) is 11.7 Å². The van der Waals surface area contributed by atoms with E-state index in [1.54, 1.807) is 6.08 Å². The summed E-state index contributed by atoms with van der Waals surface area (Å²) in [6, 6.07) is 3.76. The summed E-state index contributed by atoms with van der Waals surface area (Å²) in [6.07, 6.45) is 6.73. The molecular formula is C15H18N2O3. The van der Waals surface area contributed by atoms with Crippen LogP contribution in [0, 0.1) is 0 Å². The number of phenolic OH excluding ortho intramolecular Hbond substituents is 1. The summed E-state index contributed by atoms with van der Waals surface area (Å²) in [6.45, 7) is 2.84. The number of likely N-dealkylation sites (tertiary alicyclic amines) is 1. The standard InChI is InChI=1S/C15H18N2O3/c18-13-7-6-11-4-5-12(14(19)15(11)20-16-13)10-17-8-2-1-3-9-17/h4-7,19H,1-3,8-10H2,(H,16,18). The highest BCUT2D eigenvalue weighted by Crippen LogP contribution is 2.36. The first kappa shape index (κ1) is 13.0. The number of amides is 1. The Balaban J connectivity index is 1.83. The van der Waals surface area contributed by atoms with Crippen molar-refractivity contribution in [3.8, 4) is 11.5 Å². The van der Waals surface area contributed by atoms with Gasteiger partial charge >= 0.3 is 0 Å². The van der Waals surface area contributed by atoms with Crippen molar-refractivity contribution in [3.63, 3.8) is 0 Å². The number of fused-ring (bicyclic) bond motifs is 1. The van der Waals surface area contributed by atoms with Crippen molar-refractivity contribution < 1.29 is 14.7 Å². The quantitative estimate of drug-likeness (QED) is 0.863. The SMILES string of the molecule is O=C1C=Cc2ccc(CN3CCCCC3)c(O)c2ON1. The molecule has 1 saturated heterocycles. The Hall–Kier alpha value is -2.01. The third-order valence-corrected chi connectivity index (χ3v) is 3.76. The summed E-state index contributed by atoms with van der Waals surface area (Å²) < 4.78 is 0. The number of nitrogens with one attached hydrogen (secondary N) is 1. The molecule has 1 amide bonds. The van der Waals surface area contributed by atoms with Gasteiger partial charge in [-0.2, -0.15) is 5.48 Å². The maximum absolute atomic E-state index is 11.3. The summed E-state index contributed by atoms with van der Waals surface area (Å²) >= 11 is 0. The number of nitrogens with zero attached hydrogens (tertiary/aromatic N) is 1. The molecule has 1 aromatic rings. The molecule has 1 fully saturated rings. The van der Waals surface area contributed by atoms with Crippen LogP contribution in [0.25, 0.3) is 6.08 Å². The van der Waals surface area contributed by atoms with E-state index in [0.29, 0.717) is 17.9 Å². The van der Waals surface area contributed by atoms with E-state index in [9.17, 15) is 9.90 Å². The van der Waals surface area contributed by atoms with Gasteiger partial charge in [-0.1, -0.05) is 18.6 Å². The molecule has 2 aliphatic rings. The lowest BCUT2D eigenvalue weighted by atomic mass is 10.1. The number of phenols is 1. The smallest absolute Gasteiger partial charge is 0.276 e. The van der Waals surface area contributed by atoms with E-state index in [1.807, 2.05) is 12.1 Å².